The minimum Gasteiger partial charge on any atom is -0.354 e. The standard InChI is InChI=1S/C19H25FN2O3/c1-2-11-21-17(23)16-13-25-19(9-4-3-5-10-19)22(16)18(24)14-7-6-8-15(20)12-14/h6-8,12,16H,2-5,9-11,13H2,1H3,(H,21,23). The first-order valence-corrected chi connectivity index (χ1v) is 9.08. The van der Waals surface area contributed by atoms with Gasteiger partial charge in [0.1, 0.15) is 17.6 Å². The summed E-state index contributed by atoms with van der Waals surface area (Å²) in [5.74, 6) is -1.000. The molecule has 1 heterocycles. The number of ether oxygens (including phenoxy) is 1. The van der Waals surface area contributed by atoms with Crippen molar-refractivity contribution in [3.8, 4) is 0 Å². The number of carbonyl (C=O) groups excluding carboxylic acids is 2. The minimum atomic E-state index is -0.740. The molecule has 136 valence electrons. The zero-order valence-electron chi connectivity index (χ0n) is 14.6. The third kappa shape index (κ3) is 3.54. The van der Waals surface area contributed by atoms with E-state index in [1.54, 1.807) is 11.0 Å². The molecule has 1 atom stereocenters. The first kappa shape index (κ1) is 17.9. The molecule has 2 aliphatic rings. The van der Waals surface area contributed by atoms with Crippen molar-refractivity contribution in [2.45, 2.75) is 57.2 Å². The van der Waals surface area contributed by atoms with Crippen LogP contribution in [0.2, 0.25) is 0 Å². The monoisotopic (exact) mass is 348 g/mol. The first-order chi connectivity index (χ1) is 12.1. The predicted molar refractivity (Wildman–Crippen MR) is 91.4 cm³/mol. The fraction of sp³-hybridized carbons (Fsp3) is 0.579. The number of benzene rings is 1. The summed E-state index contributed by atoms with van der Waals surface area (Å²) in [5.41, 5.74) is -0.487. The molecule has 2 fully saturated rings. The number of halogens is 1. The van der Waals surface area contributed by atoms with E-state index in [0.29, 0.717) is 19.4 Å². The number of hydrogen-bond acceptors (Lipinski definition) is 3. The summed E-state index contributed by atoms with van der Waals surface area (Å²) in [6, 6.07) is 4.96. The van der Waals surface area contributed by atoms with Crippen molar-refractivity contribution in [1.29, 1.82) is 0 Å². The highest BCUT2D eigenvalue weighted by molar-refractivity contribution is 5.98. The van der Waals surface area contributed by atoms with Gasteiger partial charge < -0.3 is 10.1 Å². The lowest BCUT2D eigenvalue weighted by atomic mass is 9.89. The van der Waals surface area contributed by atoms with Gasteiger partial charge >= 0.3 is 0 Å². The van der Waals surface area contributed by atoms with Gasteiger partial charge in [-0.15, -0.1) is 0 Å². The molecule has 1 unspecified atom stereocenters. The van der Waals surface area contributed by atoms with E-state index in [1.165, 1.54) is 18.2 Å². The van der Waals surface area contributed by atoms with E-state index in [4.69, 9.17) is 4.74 Å². The van der Waals surface area contributed by atoms with Crippen molar-refractivity contribution >= 4 is 11.8 Å². The fourth-order valence-corrected chi connectivity index (χ4v) is 3.80. The second kappa shape index (κ2) is 7.52. The molecular formula is C19H25FN2O3. The van der Waals surface area contributed by atoms with Crippen molar-refractivity contribution in [3.63, 3.8) is 0 Å². The Morgan fingerprint density at radius 3 is 2.76 bits per heavy atom. The summed E-state index contributed by atoms with van der Waals surface area (Å²) in [6.45, 7) is 2.73. The fourth-order valence-electron chi connectivity index (χ4n) is 3.80. The molecule has 1 aromatic carbocycles. The molecule has 0 radical (unpaired) electrons. The lowest BCUT2D eigenvalue weighted by molar-refractivity contribution is -0.127. The molecule has 1 saturated heterocycles. The van der Waals surface area contributed by atoms with E-state index < -0.39 is 17.6 Å². The first-order valence-electron chi connectivity index (χ1n) is 9.08. The summed E-state index contributed by atoms with van der Waals surface area (Å²) in [5, 5.41) is 2.86. The zero-order chi connectivity index (χ0) is 17.9. The quantitative estimate of drug-likeness (QED) is 0.910. The lowest BCUT2D eigenvalue weighted by Crippen LogP contribution is -2.56. The smallest absolute Gasteiger partial charge is 0.256 e. The molecule has 1 aliphatic carbocycles. The van der Waals surface area contributed by atoms with Gasteiger partial charge in [-0.3, -0.25) is 14.5 Å². The van der Waals surface area contributed by atoms with Gasteiger partial charge in [0.05, 0.1) is 6.61 Å². The number of nitrogens with zero attached hydrogens (tertiary/aromatic N) is 1. The van der Waals surface area contributed by atoms with Gasteiger partial charge in [-0.25, -0.2) is 4.39 Å². The van der Waals surface area contributed by atoms with E-state index >= 15 is 0 Å². The summed E-state index contributed by atoms with van der Waals surface area (Å²) >= 11 is 0. The van der Waals surface area contributed by atoms with Crippen molar-refractivity contribution in [1.82, 2.24) is 10.2 Å². The maximum absolute atomic E-state index is 13.6. The molecule has 3 rings (SSSR count). The van der Waals surface area contributed by atoms with Crippen LogP contribution in [0.25, 0.3) is 0 Å². The van der Waals surface area contributed by atoms with Crippen LogP contribution >= 0.6 is 0 Å². The molecule has 6 heteroatoms. The van der Waals surface area contributed by atoms with Gasteiger partial charge in [0, 0.05) is 12.1 Å². The maximum atomic E-state index is 13.6. The van der Waals surface area contributed by atoms with E-state index in [1.807, 2.05) is 6.92 Å². The maximum Gasteiger partial charge on any atom is 0.256 e. The number of rotatable bonds is 4. The molecule has 1 saturated carbocycles. The van der Waals surface area contributed by atoms with Crippen LogP contribution in [-0.4, -0.2) is 41.6 Å². The highest BCUT2D eigenvalue weighted by Gasteiger charge is 2.52. The molecule has 1 spiro atoms. The minimum absolute atomic E-state index is 0.191. The van der Waals surface area contributed by atoms with Crippen LogP contribution in [0.5, 0.6) is 0 Å². The second-order valence-electron chi connectivity index (χ2n) is 6.81. The third-order valence-electron chi connectivity index (χ3n) is 5.04. The predicted octanol–water partition coefficient (Wildman–Crippen LogP) is 2.85. The van der Waals surface area contributed by atoms with E-state index in [0.717, 1.165) is 25.7 Å². The summed E-state index contributed by atoms with van der Waals surface area (Å²) < 4.78 is 19.6. The van der Waals surface area contributed by atoms with Crippen LogP contribution < -0.4 is 5.32 Å². The number of hydrogen-bond donors (Lipinski definition) is 1. The molecule has 1 N–H and O–H groups in total. The van der Waals surface area contributed by atoms with E-state index in [2.05, 4.69) is 5.32 Å². The number of carbonyl (C=O) groups is 2. The van der Waals surface area contributed by atoms with Crippen LogP contribution in [0, 0.1) is 5.82 Å². The molecule has 1 aromatic rings. The Bertz CT molecular complexity index is 643. The number of nitrogens with one attached hydrogen (secondary N) is 1. The summed E-state index contributed by atoms with van der Waals surface area (Å²) in [7, 11) is 0. The van der Waals surface area contributed by atoms with Crippen LogP contribution in [0.1, 0.15) is 55.8 Å². The van der Waals surface area contributed by atoms with Crippen molar-refractivity contribution in [3.05, 3.63) is 35.6 Å². The Morgan fingerprint density at radius 2 is 2.08 bits per heavy atom. The molecule has 0 aromatic heterocycles. The highest BCUT2D eigenvalue weighted by Crippen LogP contribution is 2.41. The summed E-state index contributed by atoms with van der Waals surface area (Å²) in [4.78, 5) is 27.3. The van der Waals surface area contributed by atoms with Crippen molar-refractivity contribution < 1.29 is 18.7 Å². The Labute approximate surface area is 147 Å². The normalized spacial score (nSPS) is 22.2. The highest BCUT2D eigenvalue weighted by atomic mass is 19.1. The largest absolute Gasteiger partial charge is 0.354 e. The molecule has 1 aliphatic heterocycles. The van der Waals surface area contributed by atoms with Gasteiger partial charge in [-0.2, -0.15) is 0 Å². The Kier molecular flexibility index (Phi) is 5.37. The molecular weight excluding hydrogens is 323 g/mol. The Balaban J connectivity index is 1.91. The van der Waals surface area contributed by atoms with Gasteiger partial charge in [-0.05, 0) is 50.3 Å². The van der Waals surface area contributed by atoms with Gasteiger partial charge in [0.15, 0.2) is 0 Å². The van der Waals surface area contributed by atoms with E-state index in [9.17, 15) is 14.0 Å². The van der Waals surface area contributed by atoms with Crippen LogP contribution in [-0.2, 0) is 9.53 Å². The third-order valence-corrected chi connectivity index (χ3v) is 5.04. The molecule has 5 nitrogen and oxygen atoms in total. The Morgan fingerprint density at radius 1 is 1.32 bits per heavy atom. The van der Waals surface area contributed by atoms with Crippen LogP contribution in [0.3, 0.4) is 0 Å². The molecule has 2 amide bonds. The average Bonchev–Trinajstić information content (AvgIpc) is 2.98. The zero-order valence-corrected chi connectivity index (χ0v) is 14.6. The average molecular weight is 348 g/mol. The lowest BCUT2D eigenvalue weighted by Gasteiger charge is -2.41. The summed E-state index contributed by atoms with van der Waals surface area (Å²) in [6.07, 6.45) is 5.26. The molecule has 25 heavy (non-hydrogen) atoms. The van der Waals surface area contributed by atoms with E-state index in [-0.39, 0.29) is 24.0 Å². The van der Waals surface area contributed by atoms with Gasteiger partial charge in [0.25, 0.3) is 5.91 Å². The van der Waals surface area contributed by atoms with Crippen LogP contribution in [0.4, 0.5) is 4.39 Å². The topological polar surface area (TPSA) is 58.6 Å². The SMILES string of the molecule is CCCNC(=O)C1COC2(CCCCC2)N1C(=O)c1cccc(F)c1. The second-order valence-corrected chi connectivity index (χ2v) is 6.81. The van der Waals surface area contributed by atoms with Gasteiger partial charge in [0.2, 0.25) is 5.91 Å². The Hall–Kier alpha value is -1.95. The number of amides is 2. The molecule has 0 bridgehead atoms. The van der Waals surface area contributed by atoms with Crippen molar-refractivity contribution in [2.24, 2.45) is 0 Å². The van der Waals surface area contributed by atoms with Gasteiger partial charge in [-0.1, -0.05) is 19.4 Å². The van der Waals surface area contributed by atoms with Crippen molar-refractivity contribution in [2.75, 3.05) is 13.2 Å². The van der Waals surface area contributed by atoms with Crippen LogP contribution in [0.15, 0.2) is 24.3 Å².